The fraction of sp³-hybridized carbons (Fsp3) is 0.571. The largest absolute Gasteiger partial charge is 0.474 e. The topological polar surface area (TPSA) is 53.6 Å². The Morgan fingerprint density at radius 2 is 2.31 bits per heavy atom. The lowest BCUT2D eigenvalue weighted by Gasteiger charge is -2.42. The van der Waals surface area contributed by atoms with E-state index in [0.717, 1.165) is 37.9 Å². The Kier molecular flexibility index (Phi) is 4.43. The summed E-state index contributed by atoms with van der Waals surface area (Å²) < 4.78 is 6.70. The van der Waals surface area contributed by atoms with E-state index < -0.39 is 5.72 Å². The number of hydrogen-bond acceptors (Lipinski definition) is 4. The average molecular weight is 355 g/mol. The Balaban J connectivity index is 1.78. The molecular formula is C21H29N3O2. The first-order valence-electron chi connectivity index (χ1n) is 9.78. The van der Waals surface area contributed by atoms with Crippen LogP contribution in [0.1, 0.15) is 51.4 Å². The Morgan fingerprint density at radius 3 is 3.12 bits per heavy atom. The van der Waals surface area contributed by atoms with Gasteiger partial charge in [-0.25, -0.2) is 0 Å². The number of ether oxygens (including phenoxy) is 1. The molecule has 3 heterocycles. The van der Waals surface area contributed by atoms with Crippen LogP contribution in [0.15, 0.2) is 48.2 Å². The number of amides is 1. The Morgan fingerprint density at radius 1 is 1.42 bits per heavy atom. The summed E-state index contributed by atoms with van der Waals surface area (Å²) in [7, 11) is 1.69. The van der Waals surface area contributed by atoms with Crippen molar-refractivity contribution in [2.45, 2.75) is 57.1 Å². The van der Waals surface area contributed by atoms with Gasteiger partial charge in [-0.05, 0) is 37.7 Å². The fourth-order valence-electron chi connectivity index (χ4n) is 5.04. The smallest absolute Gasteiger partial charge is 0.225 e. The molecule has 2 unspecified atom stereocenters. The van der Waals surface area contributed by atoms with Gasteiger partial charge in [0.05, 0.1) is 17.5 Å². The van der Waals surface area contributed by atoms with Gasteiger partial charge in [0, 0.05) is 32.4 Å². The Bertz CT molecular complexity index is 708. The van der Waals surface area contributed by atoms with E-state index in [0.29, 0.717) is 13.0 Å². The molecule has 5 nitrogen and oxygen atoms in total. The van der Waals surface area contributed by atoms with Crippen molar-refractivity contribution in [1.29, 1.82) is 0 Å². The van der Waals surface area contributed by atoms with E-state index in [4.69, 9.17) is 4.74 Å². The maximum Gasteiger partial charge on any atom is 0.225 e. The van der Waals surface area contributed by atoms with Gasteiger partial charge in [0.1, 0.15) is 5.76 Å². The third kappa shape index (κ3) is 2.69. The highest BCUT2D eigenvalue weighted by Gasteiger charge is 2.58. The summed E-state index contributed by atoms with van der Waals surface area (Å²) in [5, 5.41) is 6.25. The second-order valence-electron chi connectivity index (χ2n) is 7.84. The molecule has 26 heavy (non-hydrogen) atoms. The molecule has 2 N–H and O–H groups in total. The summed E-state index contributed by atoms with van der Waals surface area (Å²) in [4.78, 5) is 14.5. The molecule has 2 atom stereocenters. The van der Waals surface area contributed by atoms with Crippen molar-refractivity contribution in [3.8, 4) is 0 Å². The van der Waals surface area contributed by atoms with Gasteiger partial charge in [-0.2, -0.15) is 0 Å². The first kappa shape index (κ1) is 17.4. The number of carbonyl (C=O) groups is 1. The average Bonchev–Trinajstić information content (AvgIpc) is 2.99. The second-order valence-corrected chi connectivity index (χ2v) is 7.84. The molecule has 140 valence electrons. The predicted molar refractivity (Wildman–Crippen MR) is 102 cm³/mol. The lowest BCUT2D eigenvalue weighted by atomic mass is 9.65. The molecule has 0 aromatic carbocycles. The number of fused-ring (bicyclic) bond motifs is 1. The zero-order valence-corrected chi connectivity index (χ0v) is 15.6. The molecular weight excluding hydrogens is 326 g/mol. The third-order valence-electron chi connectivity index (χ3n) is 6.21. The SMILES string of the molecule is C=CCNC1(CC(=O)NC)CC23CCCCC2=CN2C=CCCC2=C3O1. The standard InChI is InChI=1S/C21H29N3O2/c1-3-11-23-21(13-18(25)22-2)15-20-10-6-4-8-16(20)14-24-12-7-5-9-17(24)19(20)26-21/h3,7,12,14,23H,1,4-6,8-11,13,15H2,2H3,(H,22,25). The summed E-state index contributed by atoms with van der Waals surface area (Å²) in [5.74, 6) is 1.11. The molecule has 1 spiro atoms. The maximum absolute atomic E-state index is 12.3. The first-order valence-corrected chi connectivity index (χ1v) is 9.78. The number of carbonyl (C=O) groups excluding carboxylic acids is 1. The van der Waals surface area contributed by atoms with E-state index in [1.807, 2.05) is 6.08 Å². The van der Waals surface area contributed by atoms with Crippen molar-refractivity contribution >= 4 is 5.91 Å². The molecule has 0 aromatic heterocycles. The lowest BCUT2D eigenvalue weighted by Crippen LogP contribution is -2.48. The van der Waals surface area contributed by atoms with E-state index in [1.165, 1.54) is 24.1 Å². The summed E-state index contributed by atoms with van der Waals surface area (Å²) in [6.45, 7) is 4.45. The van der Waals surface area contributed by atoms with Gasteiger partial charge in [0.2, 0.25) is 5.91 Å². The second kappa shape index (κ2) is 6.62. The lowest BCUT2D eigenvalue weighted by molar-refractivity contribution is -0.126. The van der Waals surface area contributed by atoms with Gasteiger partial charge in [-0.15, -0.1) is 6.58 Å². The monoisotopic (exact) mass is 355 g/mol. The van der Waals surface area contributed by atoms with Crippen LogP contribution in [-0.2, 0) is 9.53 Å². The van der Waals surface area contributed by atoms with Crippen LogP contribution in [0.25, 0.3) is 0 Å². The molecule has 1 saturated carbocycles. The van der Waals surface area contributed by atoms with Crippen LogP contribution in [0, 0.1) is 5.41 Å². The summed E-state index contributed by atoms with van der Waals surface area (Å²) in [6.07, 6.45) is 16.4. The Labute approximate surface area is 155 Å². The number of nitrogens with one attached hydrogen (secondary N) is 2. The van der Waals surface area contributed by atoms with E-state index in [9.17, 15) is 4.79 Å². The van der Waals surface area contributed by atoms with Gasteiger partial charge in [0.15, 0.2) is 5.72 Å². The van der Waals surface area contributed by atoms with E-state index >= 15 is 0 Å². The zero-order chi connectivity index (χ0) is 18.2. The molecule has 0 aromatic rings. The Hall–Kier alpha value is -2.01. The van der Waals surface area contributed by atoms with Crippen LogP contribution < -0.4 is 10.6 Å². The van der Waals surface area contributed by atoms with Crippen LogP contribution in [0.5, 0.6) is 0 Å². The van der Waals surface area contributed by atoms with Crippen LogP contribution in [-0.4, -0.2) is 30.1 Å². The molecule has 1 saturated heterocycles. The van der Waals surface area contributed by atoms with Gasteiger partial charge in [-0.1, -0.05) is 18.6 Å². The van der Waals surface area contributed by atoms with Crippen molar-refractivity contribution in [3.05, 3.63) is 48.2 Å². The molecule has 0 radical (unpaired) electrons. The fourth-order valence-corrected chi connectivity index (χ4v) is 5.04. The minimum atomic E-state index is -0.662. The predicted octanol–water partition coefficient (Wildman–Crippen LogP) is 3.29. The first-order chi connectivity index (χ1) is 12.6. The minimum Gasteiger partial charge on any atom is -0.474 e. The molecule has 0 bridgehead atoms. The summed E-state index contributed by atoms with van der Waals surface area (Å²) in [5.41, 5.74) is 2.03. The highest BCUT2D eigenvalue weighted by Crippen LogP contribution is 2.61. The third-order valence-corrected chi connectivity index (χ3v) is 6.21. The van der Waals surface area contributed by atoms with Crippen molar-refractivity contribution in [2.75, 3.05) is 13.6 Å². The minimum absolute atomic E-state index is 0.00365. The van der Waals surface area contributed by atoms with Crippen LogP contribution in [0.4, 0.5) is 0 Å². The number of nitrogens with zero attached hydrogens (tertiary/aromatic N) is 1. The normalized spacial score (nSPS) is 32.2. The zero-order valence-electron chi connectivity index (χ0n) is 15.6. The van der Waals surface area contributed by atoms with Crippen LogP contribution in [0.2, 0.25) is 0 Å². The molecule has 1 aliphatic carbocycles. The summed E-state index contributed by atoms with van der Waals surface area (Å²) >= 11 is 0. The van der Waals surface area contributed by atoms with Crippen molar-refractivity contribution < 1.29 is 9.53 Å². The van der Waals surface area contributed by atoms with Crippen molar-refractivity contribution in [3.63, 3.8) is 0 Å². The number of hydrogen-bond donors (Lipinski definition) is 2. The van der Waals surface area contributed by atoms with Crippen molar-refractivity contribution in [2.24, 2.45) is 5.41 Å². The molecule has 4 aliphatic rings. The molecule has 4 rings (SSSR count). The van der Waals surface area contributed by atoms with Gasteiger partial charge >= 0.3 is 0 Å². The quantitative estimate of drug-likeness (QED) is 0.743. The number of allylic oxidation sites excluding steroid dienone is 3. The highest BCUT2D eigenvalue weighted by atomic mass is 16.5. The maximum atomic E-state index is 12.3. The van der Waals surface area contributed by atoms with Crippen LogP contribution in [0.3, 0.4) is 0 Å². The van der Waals surface area contributed by atoms with E-state index in [-0.39, 0.29) is 11.3 Å². The highest BCUT2D eigenvalue weighted by molar-refractivity contribution is 5.76. The molecule has 3 aliphatic heterocycles. The molecule has 5 heteroatoms. The van der Waals surface area contributed by atoms with Gasteiger partial charge < -0.3 is 15.0 Å². The van der Waals surface area contributed by atoms with Crippen molar-refractivity contribution in [1.82, 2.24) is 15.5 Å². The van der Waals surface area contributed by atoms with Gasteiger partial charge in [0.25, 0.3) is 0 Å². The van der Waals surface area contributed by atoms with E-state index in [1.54, 1.807) is 7.05 Å². The summed E-state index contributed by atoms with van der Waals surface area (Å²) in [6, 6.07) is 0. The molecule has 1 amide bonds. The van der Waals surface area contributed by atoms with E-state index in [2.05, 4.69) is 40.6 Å². The number of rotatable bonds is 5. The molecule has 2 fully saturated rings. The van der Waals surface area contributed by atoms with Gasteiger partial charge in [-0.3, -0.25) is 10.1 Å². The van der Waals surface area contributed by atoms with Crippen LogP contribution >= 0.6 is 0 Å².